The van der Waals surface area contributed by atoms with Gasteiger partial charge in [-0.25, -0.2) is 4.79 Å². The van der Waals surface area contributed by atoms with E-state index in [4.69, 9.17) is 0 Å². The molecule has 0 aliphatic heterocycles. The number of benzene rings is 2. The van der Waals surface area contributed by atoms with Crippen molar-refractivity contribution in [2.75, 3.05) is 0 Å². The summed E-state index contributed by atoms with van der Waals surface area (Å²) >= 11 is 0. The van der Waals surface area contributed by atoms with Gasteiger partial charge >= 0.3 is 5.97 Å². The van der Waals surface area contributed by atoms with Crippen LogP contribution in [0, 0.1) is 10.1 Å². The molecule has 0 saturated heterocycles. The monoisotopic (exact) mass is 339 g/mol. The number of aromatic nitrogens is 1. The summed E-state index contributed by atoms with van der Waals surface area (Å²) in [7, 11) is 0. The molecule has 0 fully saturated rings. The molecule has 0 unspecified atom stereocenters. The summed E-state index contributed by atoms with van der Waals surface area (Å²) in [5, 5.41) is 16.6. The van der Waals surface area contributed by atoms with Crippen LogP contribution >= 0.6 is 0 Å². The first kappa shape index (κ1) is 16.6. The second kappa shape index (κ2) is 6.35. The minimum Gasteiger partial charge on any atom is -0.341 e. The van der Waals surface area contributed by atoms with Crippen molar-refractivity contribution in [3.05, 3.63) is 52.1 Å². The molecule has 2 aromatic carbocycles. The summed E-state index contributed by atoms with van der Waals surface area (Å²) in [5.41, 5.74) is 3.32. The van der Waals surface area contributed by atoms with Crippen LogP contribution in [0.25, 0.3) is 21.8 Å². The topological polar surface area (TPSA) is 86.7 Å². The highest BCUT2D eigenvalue weighted by molar-refractivity contribution is 6.12. The van der Waals surface area contributed by atoms with Gasteiger partial charge in [0, 0.05) is 47.4 Å². The molecule has 0 N–H and O–H groups in total. The average Bonchev–Trinajstić information content (AvgIpc) is 2.91. The quantitative estimate of drug-likeness (QED) is 0.311. The third-order valence-electron chi connectivity index (χ3n) is 4.10. The van der Waals surface area contributed by atoms with Crippen molar-refractivity contribution in [1.29, 1.82) is 0 Å². The van der Waals surface area contributed by atoms with Gasteiger partial charge in [0.25, 0.3) is 5.69 Å². The van der Waals surface area contributed by atoms with E-state index in [-0.39, 0.29) is 5.69 Å². The lowest BCUT2D eigenvalue weighted by Gasteiger charge is -2.04. The van der Waals surface area contributed by atoms with Gasteiger partial charge in [-0.05, 0) is 37.6 Å². The first-order valence-corrected chi connectivity index (χ1v) is 7.85. The Morgan fingerprint density at radius 2 is 1.80 bits per heavy atom. The Balaban J connectivity index is 2.25. The van der Waals surface area contributed by atoms with Crippen molar-refractivity contribution in [2.45, 2.75) is 27.3 Å². The van der Waals surface area contributed by atoms with Gasteiger partial charge < -0.3 is 9.40 Å². The van der Waals surface area contributed by atoms with E-state index in [1.807, 2.05) is 25.1 Å². The standard InChI is InChI=1S/C18H17N3O4/c1-4-20-17-7-5-13(11(2)19-25-12(3)22)9-15(17)16-10-14(21(23)24)6-8-18(16)20/h5-10H,4H2,1-3H3/b19-11+. The molecule has 7 nitrogen and oxygen atoms in total. The van der Waals surface area contributed by atoms with Crippen molar-refractivity contribution >= 4 is 39.2 Å². The number of aryl methyl sites for hydroxylation is 1. The molecule has 0 radical (unpaired) electrons. The van der Waals surface area contributed by atoms with Gasteiger partial charge in [0.05, 0.1) is 10.6 Å². The number of hydrogen-bond donors (Lipinski definition) is 0. The number of non-ortho nitro benzene ring substituents is 1. The highest BCUT2D eigenvalue weighted by Crippen LogP contribution is 2.32. The molecule has 1 aromatic heterocycles. The Kier molecular flexibility index (Phi) is 4.22. The van der Waals surface area contributed by atoms with Crippen LogP contribution in [0.2, 0.25) is 0 Å². The van der Waals surface area contributed by atoms with Crippen LogP contribution in [0.3, 0.4) is 0 Å². The number of nitrogens with zero attached hydrogens (tertiary/aromatic N) is 3. The molecule has 3 aromatic rings. The fourth-order valence-corrected chi connectivity index (χ4v) is 2.96. The maximum Gasteiger partial charge on any atom is 0.331 e. The Hall–Kier alpha value is -3.22. The fraction of sp³-hybridized carbons (Fsp3) is 0.222. The largest absolute Gasteiger partial charge is 0.341 e. The maximum absolute atomic E-state index is 11.1. The molecule has 0 amide bonds. The Morgan fingerprint density at radius 1 is 1.16 bits per heavy atom. The molecular formula is C18H17N3O4. The van der Waals surface area contributed by atoms with E-state index < -0.39 is 10.9 Å². The van der Waals surface area contributed by atoms with E-state index in [2.05, 4.69) is 14.6 Å². The number of rotatable bonds is 4. The second-order valence-electron chi connectivity index (χ2n) is 5.69. The van der Waals surface area contributed by atoms with Crippen molar-refractivity contribution in [2.24, 2.45) is 5.16 Å². The first-order valence-electron chi connectivity index (χ1n) is 7.85. The number of oxime groups is 1. The minimum atomic E-state index is -0.487. The number of nitro groups is 1. The zero-order valence-electron chi connectivity index (χ0n) is 14.1. The van der Waals surface area contributed by atoms with Crippen LogP contribution in [0.15, 0.2) is 41.6 Å². The number of hydrogen-bond acceptors (Lipinski definition) is 5. The lowest BCUT2D eigenvalue weighted by atomic mass is 10.1. The molecule has 0 atom stereocenters. The Bertz CT molecular complexity index is 1030. The van der Waals surface area contributed by atoms with E-state index in [1.54, 1.807) is 19.1 Å². The molecule has 128 valence electrons. The van der Waals surface area contributed by atoms with E-state index in [0.717, 1.165) is 33.9 Å². The van der Waals surface area contributed by atoms with E-state index in [1.165, 1.54) is 13.0 Å². The third kappa shape index (κ3) is 2.96. The van der Waals surface area contributed by atoms with Gasteiger partial charge in [-0.3, -0.25) is 10.1 Å². The van der Waals surface area contributed by atoms with E-state index >= 15 is 0 Å². The molecule has 0 bridgehead atoms. The normalized spacial score (nSPS) is 11.9. The van der Waals surface area contributed by atoms with E-state index in [9.17, 15) is 14.9 Å². The van der Waals surface area contributed by atoms with E-state index in [0.29, 0.717) is 5.71 Å². The maximum atomic E-state index is 11.1. The number of carbonyl (C=O) groups excluding carboxylic acids is 1. The van der Waals surface area contributed by atoms with Gasteiger partial charge in [0.1, 0.15) is 0 Å². The zero-order chi connectivity index (χ0) is 18.1. The van der Waals surface area contributed by atoms with Crippen LogP contribution in [-0.4, -0.2) is 21.2 Å². The summed E-state index contributed by atoms with van der Waals surface area (Å²) in [5.74, 6) is -0.487. The lowest BCUT2D eigenvalue weighted by molar-refractivity contribution is -0.384. The molecule has 0 spiro atoms. The predicted molar refractivity (Wildman–Crippen MR) is 95.7 cm³/mol. The van der Waals surface area contributed by atoms with Crippen LogP contribution in [0.4, 0.5) is 5.69 Å². The molecule has 1 heterocycles. The SMILES string of the molecule is CCn1c2ccc(/C(C)=N/OC(C)=O)cc2c2cc([N+](=O)[O-])ccc21. The van der Waals surface area contributed by atoms with Gasteiger partial charge in [0.15, 0.2) is 0 Å². The van der Waals surface area contributed by atoms with Crippen molar-refractivity contribution in [1.82, 2.24) is 4.57 Å². The summed E-state index contributed by atoms with van der Waals surface area (Å²) in [6, 6.07) is 10.6. The summed E-state index contributed by atoms with van der Waals surface area (Å²) in [6.45, 7) is 5.80. The second-order valence-corrected chi connectivity index (χ2v) is 5.69. The Morgan fingerprint density at radius 3 is 2.40 bits per heavy atom. The third-order valence-corrected chi connectivity index (χ3v) is 4.10. The lowest BCUT2D eigenvalue weighted by Crippen LogP contribution is -1.99. The molecule has 25 heavy (non-hydrogen) atoms. The van der Waals surface area contributed by atoms with Gasteiger partial charge in [-0.2, -0.15) is 0 Å². The molecule has 0 aliphatic carbocycles. The zero-order valence-corrected chi connectivity index (χ0v) is 14.1. The van der Waals surface area contributed by atoms with Gasteiger partial charge in [-0.1, -0.05) is 11.2 Å². The highest BCUT2D eigenvalue weighted by Gasteiger charge is 2.15. The first-order chi connectivity index (χ1) is 11.9. The number of fused-ring (bicyclic) bond motifs is 3. The summed E-state index contributed by atoms with van der Waals surface area (Å²) in [6.07, 6.45) is 0. The number of carbonyl (C=O) groups is 1. The summed E-state index contributed by atoms with van der Waals surface area (Å²) in [4.78, 5) is 26.3. The van der Waals surface area contributed by atoms with Crippen LogP contribution in [0.1, 0.15) is 26.3 Å². The van der Waals surface area contributed by atoms with Crippen LogP contribution < -0.4 is 0 Å². The van der Waals surface area contributed by atoms with Gasteiger partial charge in [0.2, 0.25) is 0 Å². The van der Waals surface area contributed by atoms with Crippen molar-refractivity contribution in [3.8, 4) is 0 Å². The molecule has 0 aliphatic rings. The average molecular weight is 339 g/mol. The fourth-order valence-electron chi connectivity index (χ4n) is 2.96. The van der Waals surface area contributed by atoms with Crippen LogP contribution in [0.5, 0.6) is 0 Å². The van der Waals surface area contributed by atoms with Crippen molar-refractivity contribution < 1.29 is 14.6 Å². The van der Waals surface area contributed by atoms with Crippen molar-refractivity contribution in [3.63, 3.8) is 0 Å². The van der Waals surface area contributed by atoms with Crippen LogP contribution in [-0.2, 0) is 16.2 Å². The molecule has 7 heteroatoms. The Labute approximate surface area is 143 Å². The highest BCUT2D eigenvalue weighted by atomic mass is 16.7. The molecular weight excluding hydrogens is 322 g/mol. The summed E-state index contributed by atoms with van der Waals surface area (Å²) < 4.78 is 2.11. The number of nitro benzene ring substituents is 1. The smallest absolute Gasteiger partial charge is 0.331 e. The predicted octanol–water partition coefficient (Wildman–Crippen LogP) is 4.01. The van der Waals surface area contributed by atoms with Gasteiger partial charge in [-0.15, -0.1) is 0 Å². The molecule has 3 rings (SSSR count). The molecule has 0 saturated carbocycles. The minimum absolute atomic E-state index is 0.0540.